The van der Waals surface area contributed by atoms with E-state index in [0.29, 0.717) is 55.2 Å². The van der Waals surface area contributed by atoms with E-state index in [0.717, 1.165) is 36.8 Å². The minimum Gasteiger partial charge on any atom is -0.489 e. The van der Waals surface area contributed by atoms with Crippen molar-refractivity contribution < 1.29 is 43.2 Å². The molecule has 1 fully saturated rings. The zero-order chi connectivity index (χ0) is 38.5. The molecule has 1 heterocycles. The zero-order valence-electron chi connectivity index (χ0n) is 31.6. The third-order valence-electron chi connectivity index (χ3n) is 10.7. The van der Waals surface area contributed by atoms with Crippen LogP contribution in [-0.4, -0.2) is 84.2 Å². The number of carbonyl (C=O) groups excluding carboxylic acids is 1. The fourth-order valence-corrected chi connectivity index (χ4v) is 8.56. The lowest BCUT2D eigenvalue weighted by molar-refractivity contribution is -0.255. The summed E-state index contributed by atoms with van der Waals surface area (Å²) in [5, 5.41) is 24.3. The van der Waals surface area contributed by atoms with E-state index in [4.69, 9.17) is 40.5 Å². The monoisotopic (exact) mass is 770 g/mol. The van der Waals surface area contributed by atoms with Crippen molar-refractivity contribution >= 4 is 23.4 Å². The smallest absolute Gasteiger partial charge is 0.410 e. The second kappa shape index (κ2) is 20.3. The number of hydrogen-bond donors (Lipinski definition) is 2. The van der Waals surface area contributed by atoms with Crippen LogP contribution >= 0.6 is 11.6 Å². The zero-order valence-corrected chi connectivity index (χ0v) is 32.4. The van der Waals surface area contributed by atoms with Crippen LogP contribution in [0.25, 0.3) is 0 Å². The molecular formula is C42H56ClFN2O8. The van der Waals surface area contributed by atoms with Gasteiger partial charge in [-0.25, -0.2) is 9.18 Å². The number of alkyl halides is 1. The van der Waals surface area contributed by atoms with Crippen LogP contribution in [0, 0.1) is 23.6 Å². The van der Waals surface area contributed by atoms with Gasteiger partial charge in [-0.15, -0.1) is 18.2 Å². The number of ether oxygens (including phenoxy) is 4. The lowest BCUT2D eigenvalue weighted by Gasteiger charge is -2.59. The Balaban J connectivity index is 1.74. The molecule has 2 aliphatic carbocycles. The average Bonchev–Trinajstić information content (AvgIpc) is 3.18. The minimum atomic E-state index is -1.39. The Morgan fingerprint density at radius 3 is 2.61 bits per heavy atom. The molecule has 1 saturated carbocycles. The Kier molecular flexibility index (Phi) is 15.6. The third kappa shape index (κ3) is 9.24. The maximum atomic E-state index is 14.6. The van der Waals surface area contributed by atoms with Crippen LogP contribution in [0.3, 0.4) is 0 Å². The van der Waals surface area contributed by atoms with E-state index in [2.05, 4.69) is 12.7 Å². The highest BCUT2D eigenvalue weighted by atomic mass is 35.5. The second-order valence-corrected chi connectivity index (χ2v) is 14.4. The second-order valence-electron chi connectivity index (χ2n) is 14.1. The van der Waals surface area contributed by atoms with Gasteiger partial charge >= 0.3 is 6.09 Å². The Morgan fingerprint density at radius 2 is 1.91 bits per heavy atom. The van der Waals surface area contributed by atoms with E-state index in [1.165, 1.54) is 6.07 Å². The molecule has 12 heteroatoms. The topological polar surface area (TPSA) is 119 Å². The largest absolute Gasteiger partial charge is 0.489 e. The van der Waals surface area contributed by atoms with E-state index in [-0.39, 0.29) is 68.9 Å². The third-order valence-corrected chi connectivity index (χ3v) is 10.8. The lowest BCUT2D eigenvalue weighted by Crippen LogP contribution is -2.70. The predicted octanol–water partition coefficient (Wildman–Crippen LogP) is 8.15. The first kappa shape index (κ1) is 41.5. The van der Waals surface area contributed by atoms with Crippen LogP contribution in [0.5, 0.6) is 11.5 Å². The minimum absolute atomic E-state index is 0.0469. The van der Waals surface area contributed by atoms with Crippen LogP contribution in [-0.2, 0) is 20.9 Å². The van der Waals surface area contributed by atoms with Crippen LogP contribution in [0.2, 0.25) is 0 Å². The number of carbonyl (C=O) groups is 1. The Hall–Kier alpha value is -3.64. The molecular weight excluding hydrogens is 715 g/mol. The van der Waals surface area contributed by atoms with Gasteiger partial charge in [-0.2, -0.15) is 0 Å². The van der Waals surface area contributed by atoms with Crippen molar-refractivity contribution in [2.24, 2.45) is 22.9 Å². The van der Waals surface area contributed by atoms with Crippen molar-refractivity contribution in [1.29, 1.82) is 0 Å². The van der Waals surface area contributed by atoms with Crippen LogP contribution in [0.4, 0.5) is 9.18 Å². The van der Waals surface area contributed by atoms with Gasteiger partial charge in [0.15, 0.2) is 0 Å². The van der Waals surface area contributed by atoms with Gasteiger partial charge in [-0.3, -0.25) is 4.90 Å². The Morgan fingerprint density at radius 1 is 1.13 bits per heavy atom. The summed E-state index contributed by atoms with van der Waals surface area (Å²) < 4.78 is 40.6. The van der Waals surface area contributed by atoms with Crippen molar-refractivity contribution in [2.75, 3.05) is 45.5 Å². The molecule has 0 saturated heterocycles. The molecule has 0 radical (unpaired) electrons. The van der Waals surface area contributed by atoms with Crippen molar-refractivity contribution in [2.45, 2.75) is 89.6 Å². The number of allylic oxidation sites excluding steroid dienone is 1. The summed E-state index contributed by atoms with van der Waals surface area (Å²) in [5.74, 6) is -0.951. The summed E-state index contributed by atoms with van der Waals surface area (Å²) >= 11 is 5.97. The molecule has 0 unspecified atom stereocenters. The number of halogens is 2. The fraction of sp³-hybridized carbons (Fsp3) is 0.571. The molecule has 0 aromatic heterocycles. The number of oxime groups is 1. The molecule has 0 bridgehead atoms. The standard InChI is InChI=1S/C42H56ClFN2O8/c1-4-20-46(41(49)50-24-19-43)38-27-36(45-53-6-3)33-25-29(13-9-11-21-47)32(15-10-12-22-48)39-34-26-31(51-28-30-14-7-8-16-35(30)44)17-18-37(34)54-42(38,40(33)39)52-23-5-2/h5,7-8,14,16-18,25-26,29,32,38-40,47-48H,2,4,6,9-13,15,19-24,27-28H2,1,3H3/t29-,32+,38-,39+,40+,42+/m0/s1. The van der Waals surface area contributed by atoms with E-state index >= 15 is 0 Å². The first-order valence-corrected chi connectivity index (χ1v) is 20.0. The molecule has 5 rings (SSSR count). The van der Waals surface area contributed by atoms with Gasteiger partial charge < -0.3 is 34.0 Å². The van der Waals surface area contributed by atoms with Gasteiger partial charge in [-0.1, -0.05) is 55.3 Å². The van der Waals surface area contributed by atoms with E-state index in [9.17, 15) is 19.4 Å². The summed E-state index contributed by atoms with van der Waals surface area (Å²) in [5.41, 5.74) is 3.01. The quantitative estimate of drug-likeness (QED) is 0.0566. The number of nitrogens with zero attached hydrogens (tertiary/aromatic N) is 2. The number of benzene rings is 2. The molecule has 3 aliphatic rings. The van der Waals surface area contributed by atoms with Gasteiger partial charge in [0.05, 0.1) is 24.1 Å². The predicted molar refractivity (Wildman–Crippen MR) is 206 cm³/mol. The number of unbranched alkanes of at least 4 members (excludes halogenated alkanes) is 2. The van der Waals surface area contributed by atoms with Crippen molar-refractivity contribution in [1.82, 2.24) is 4.90 Å². The van der Waals surface area contributed by atoms with Crippen molar-refractivity contribution in [3.8, 4) is 11.5 Å². The van der Waals surface area contributed by atoms with E-state index in [1.54, 1.807) is 29.2 Å². The first-order chi connectivity index (χ1) is 26.4. The van der Waals surface area contributed by atoms with Gasteiger partial charge in [0.25, 0.3) is 0 Å². The molecule has 1 aliphatic heterocycles. The molecule has 2 aromatic rings. The molecule has 6 atom stereocenters. The van der Waals surface area contributed by atoms with Gasteiger partial charge in [-0.05, 0) is 80.7 Å². The lowest BCUT2D eigenvalue weighted by atomic mass is 9.55. The SMILES string of the molecule is C=CCO[C@@]12Oc3ccc(OCc4ccccc4F)cc3[C@H]3[C@H](CCCCO)[C@@H](CCCCO)C=C(C(=NOCC)C[C@@H]1N(CCC)C(=O)OCCCl)[C@H]32. The molecule has 54 heavy (non-hydrogen) atoms. The first-order valence-electron chi connectivity index (χ1n) is 19.4. The maximum absolute atomic E-state index is 14.6. The molecule has 296 valence electrons. The van der Waals surface area contributed by atoms with Gasteiger partial charge in [0.2, 0.25) is 5.79 Å². The maximum Gasteiger partial charge on any atom is 0.410 e. The number of hydrogen-bond acceptors (Lipinski definition) is 9. The van der Waals surface area contributed by atoms with E-state index < -0.39 is 23.8 Å². The number of fused-ring (bicyclic) bond motifs is 2. The summed E-state index contributed by atoms with van der Waals surface area (Å²) in [6.07, 6.45) is 8.95. The van der Waals surface area contributed by atoms with Gasteiger partial charge in [0.1, 0.15) is 43.2 Å². The van der Waals surface area contributed by atoms with Crippen LogP contribution < -0.4 is 9.47 Å². The van der Waals surface area contributed by atoms with Crippen LogP contribution in [0.15, 0.2) is 71.9 Å². The molecule has 2 aromatic carbocycles. The molecule has 0 spiro atoms. The summed E-state index contributed by atoms with van der Waals surface area (Å²) in [6, 6.07) is 11.6. The summed E-state index contributed by atoms with van der Waals surface area (Å²) in [6.45, 7) is 9.01. The number of amides is 1. The van der Waals surface area contributed by atoms with E-state index in [1.807, 2.05) is 32.0 Å². The average molecular weight is 771 g/mol. The summed E-state index contributed by atoms with van der Waals surface area (Å²) in [7, 11) is 0. The molecule has 1 amide bonds. The normalized spacial score (nSPS) is 24.8. The van der Waals surface area contributed by atoms with Crippen molar-refractivity contribution in [3.05, 3.63) is 83.7 Å². The Labute approximate surface area is 323 Å². The summed E-state index contributed by atoms with van der Waals surface area (Å²) in [4.78, 5) is 21.4. The highest BCUT2D eigenvalue weighted by molar-refractivity contribution is 6.18. The highest BCUT2D eigenvalue weighted by Gasteiger charge is 2.65. The van der Waals surface area contributed by atoms with Crippen LogP contribution in [0.1, 0.15) is 82.3 Å². The Bertz CT molecular complexity index is 1610. The number of aliphatic hydroxyl groups is 2. The van der Waals surface area contributed by atoms with Crippen molar-refractivity contribution in [3.63, 3.8) is 0 Å². The fourth-order valence-electron chi connectivity index (χ4n) is 8.48. The number of rotatable bonds is 21. The highest BCUT2D eigenvalue weighted by Crippen LogP contribution is 2.62. The molecule has 10 nitrogen and oxygen atoms in total. The molecule has 2 N–H and O–H groups in total. The van der Waals surface area contributed by atoms with Gasteiger partial charge in [0, 0.05) is 43.2 Å². The number of aliphatic hydroxyl groups excluding tert-OH is 2.